The van der Waals surface area contributed by atoms with E-state index in [0.29, 0.717) is 10.2 Å². The first-order valence-corrected chi connectivity index (χ1v) is 7.12. The van der Waals surface area contributed by atoms with Gasteiger partial charge in [-0.15, -0.1) is 11.3 Å². The van der Waals surface area contributed by atoms with Crippen LogP contribution in [0.25, 0.3) is 0 Å². The van der Waals surface area contributed by atoms with Crippen molar-refractivity contribution in [1.29, 1.82) is 0 Å². The van der Waals surface area contributed by atoms with Crippen molar-refractivity contribution in [2.75, 3.05) is 0 Å². The number of ketones is 1. The zero-order valence-electron chi connectivity index (χ0n) is 9.34. The summed E-state index contributed by atoms with van der Waals surface area (Å²) in [6.07, 6.45) is 0.0826. The van der Waals surface area contributed by atoms with E-state index in [1.54, 1.807) is 11.4 Å². The third-order valence-corrected chi connectivity index (χ3v) is 4.42. The molecule has 0 fully saturated rings. The maximum absolute atomic E-state index is 13.8. The quantitative estimate of drug-likeness (QED) is 0.606. The van der Waals surface area contributed by atoms with E-state index in [2.05, 4.69) is 20.9 Å². The molecule has 0 radical (unpaired) electrons. The molecule has 0 bridgehead atoms. The Hall–Kier alpha value is -0.780. The van der Waals surface area contributed by atoms with Gasteiger partial charge in [-0.25, -0.2) is 9.37 Å². The van der Waals surface area contributed by atoms with Crippen molar-refractivity contribution in [2.24, 2.45) is 0 Å². The minimum Gasteiger partial charge on any atom is -0.294 e. The van der Waals surface area contributed by atoms with E-state index in [1.807, 2.05) is 6.92 Å². The molecule has 0 aliphatic rings. The highest BCUT2D eigenvalue weighted by Crippen LogP contribution is 2.28. The number of hydrogen-bond acceptors (Lipinski definition) is 3. The van der Waals surface area contributed by atoms with Crippen molar-refractivity contribution >= 4 is 44.7 Å². The minimum atomic E-state index is -0.692. The molecular weight excluding hydrogens is 341 g/mol. The Morgan fingerprint density at radius 2 is 2.28 bits per heavy atom. The molecule has 0 atom stereocenters. The van der Waals surface area contributed by atoms with Crippen LogP contribution in [0.4, 0.5) is 4.39 Å². The fourth-order valence-electron chi connectivity index (χ4n) is 1.49. The first kappa shape index (κ1) is 13.6. The number of benzene rings is 1. The molecule has 0 aliphatic heterocycles. The van der Waals surface area contributed by atoms with Gasteiger partial charge in [0, 0.05) is 9.85 Å². The molecule has 2 aromatic rings. The number of halogens is 3. The third kappa shape index (κ3) is 2.79. The van der Waals surface area contributed by atoms with Gasteiger partial charge in [0.2, 0.25) is 0 Å². The topological polar surface area (TPSA) is 30.0 Å². The second-order valence-corrected chi connectivity index (χ2v) is 5.98. The van der Waals surface area contributed by atoms with Gasteiger partial charge >= 0.3 is 0 Å². The Morgan fingerprint density at radius 3 is 2.89 bits per heavy atom. The molecule has 0 N–H and O–H groups in total. The first-order valence-electron chi connectivity index (χ1n) is 5.06. The van der Waals surface area contributed by atoms with Crippen LogP contribution in [0.1, 0.15) is 21.1 Å². The summed E-state index contributed by atoms with van der Waals surface area (Å²) in [5, 5.41) is 2.61. The summed E-state index contributed by atoms with van der Waals surface area (Å²) in [6.45, 7) is 1.86. The van der Waals surface area contributed by atoms with Crippen molar-refractivity contribution < 1.29 is 9.18 Å². The Morgan fingerprint density at radius 1 is 1.56 bits per heavy atom. The molecule has 0 saturated carbocycles. The van der Waals surface area contributed by atoms with Gasteiger partial charge in [0.15, 0.2) is 11.6 Å². The Kier molecular flexibility index (Phi) is 4.14. The molecule has 0 amide bonds. The van der Waals surface area contributed by atoms with Gasteiger partial charge in [-0.05, 0) is 35.0 Å². The summed E-state index contributed by atoms with van der Waals surface area (Å²) in [4.78, 5) is 16.1. The van der Waals surface area contributed by atoms with E-state index in [9.17, 15) is 9.18 Å². The van der Waals surface area contributed by atoms with Crippen LogP contribution in [0.5, 0.6) is 0 Å². The van der Waals surface area contributed by atoms with E-state index < -0.39 is 5.82 Å². The van der Waals surface area contributed by atoms with Crippen LogP contribution in [-0.4, -0.2) is 10.8 Å². The SMILES string of the molecule is Cc1nc(CC(=O)c2ccc(Br)c(Cl)c2F)cs1. The van der Waals surface area contributed by atoms with E-state index in [1.165, 1.54) is 17.4 Å². The minimum absolute atomic E-state index is 0.00569. The van der Waals surface area contributed by atoms with Crippen LogP contribution in [0.3, 0.4) is 0 Å². The van der Waals surface area contributed by atoms with Crippen LogP contribution in [0.2, 0.25) is 5.02 Å². The normalized spacial score (nSPS) is 10.7. The second-order valence-electron chi connectivity index (χ2n) is 3.68. The first-order chi connectivity index (χ1) is 8.49. The van der Waals surface area contributed by atoms with Crippen molar-refractivity contribution in [3.63, 3.8) is 0 Å². The molecule has 6 heteroatoms. The van der Waals surface area contributed by atoms with E-state index >= 15 is 0 Å². The van der Waals surface area contributed by atoms with Gasteiger partial charge in [0.1, 0.15) is 0 Å². The number of carbonyl (C=O) groups excluding carboxylic acids is 1. The molecule has 0 saturated heterocycles. The number of aryl methyl sites for hydroxylation is 1. The lowest BCUT2D eigenvalue weighted by Crippen LogP contribution is -2.07. The Bertz CT molecular complexity index is 614. The number of aromatic nitrogens is 1. The number of carbonyl (C=O) groups is 1. The van der Waals surface area contributed by atoms with E-state index in [0.717, 1.165) is 5.01 Å². The van der Waals surface area contributed by atoms with Gasteiger partial charge in [-0.2, -0.15) is 0 Å². The molecule has 1 aromatic heterocycles. The lowest BCUT2D eigenvalue weighted by molar-refractivity contribution is 0.0988. The zero-order valence-corrected chi connectivity index (χ0v) is 12.5. The van der Waals surface area contributed by atoms with Gasteiger partial charge in [0.05, 0.1) is 27.7 Å². The van der Waals surface area contributed by atoms with Crippen molar-refractivity contribution in [2.45, 2.75) is 13.3 Å². The lowest BCUT2D eigenvalue weighted by atomic mass is 10.1. The highest BCUT2D eigenvalue weighted by molar-refractivity contribution is 9.10. The summed E-state index contributed by atoms with van der Waals surface area (Å²) in [5.41, 5.74) is 0.648. The number of rotatable bonds is 3. The molecule has 1 heterocycles. The van der Waals surface area contributed by atoms with E-state index in [4.69, 9.17) is 11.6 Å². The fourth-order valence-corrected chi connectivity index (χ4v) is 2.57. The zero-order chi connectivity index (χ0) is 13.3. The van der Waals surface area contributed by atoms with Crippen LogP contribution in [0, 0.1) is 12.7 Å². The Labute approximate surface area is 121 Å². The van der Waals surface area contributed by atoms with Gasteiger partial charge in [-0.3, -0.25) is 4.79 Å². The van der Waals surface area contributed by atoms with Crippen molar-refractivity contribution in [3.8, 4) is 0 Å². The number of Topliss-reactive ketones (excluding diaryl/α,β-unsaturated/α-hetero) is 1. The molecule has 2 nitrogen and oxygen atoms in total. The maximum Gasteiger partial charge on any atom is 0.171 e. The van der Waals surface area contributed by atoms with Crippen LogP contribution < -0.4 is 0 Å². The van der Waals surface area contributed by atoms with Crippen molar-refractivity contribution in [1.82, 2.24) is 4.98 Å². The summed E-state index contributed by atoms with van der Waals surface area (Å²) in [5.74, 6) is -1.02. The van der Waals surface area contributed by atoms with Crippen molar-refractivity contribution in [3.05, 3.63) is 49.1 Å². The smallest absolute Gasteiger partial charge is 0.171 e. The van der Waals surface area contributed by atoms with Gasteiger partial charge < -0.3 is 0 Å². The summed E-state index contributed by atoms with van der Waals surface area (Å²) >= 11 is 10.3. The average molecular weight is 349 g/mol. The molecule has 1 aromatic carbocycles. The number of hydrogen-bond donors (Lipinski definition) is 0. The molecule has 0 aliphatic carbocycles. The highest BCUT2D eigenvalue weighted by atomic mass is 79.9. The molecule has 94 valence electrons. The summed E-state index contributed by atoms with van der Waals surface area (Å²) < 4.78 is 14.3. The molecule has 18 heavy (non-hydrogen) atoms. The standard InChI is InChI=1S/C12H8BrClFNOS/c1-6-16-7(5-18-6)4-10(17)8-2-3-9(13)11(14)12(8)15/h2-3,5H,4H2,1H3. The largest absolute Gasteiger partial charge is 0.294 e. The van der Waals surface area contributed by atoms with Gasteiger partial charge in [0.25, 0.3) is 0 Å². The van der Waals surface area contributed by atoms with E-state index in [-0.39, 0.29) is 22.8 Å². The highest BCUT2D eigenvalue weighted by Gasteiger charge is 2.17. The maximum atomic E-state index is 13.8. The molecule has 2 rings (SSSR count). The van der Waals surface area contributed by atoms with Gasteiger partial charge in [-0.1, -0.05) is 11.6 Å². The number of nitrogens with zero attached hydrogens (tertiary/aromatic N) is 1. The van der Waals surface area contributed by atoms with Crippen LogP contribution in [0.15, 0.2) is 22.0 Å². The predicted molar refractivity (Wildman–Crippen MR) is 74.0 cm³/mol. The second kappa shape index (κ2) is 5.47. The van der Waals surface area contributed by atoms with Crippen LogP contribution in [-0.2, 0) is 6.42 Å². The lowest BCUT2D eigenvalue weighted by Gasteiger charge is -2.04. The summed E-state index contributed by atoms with van der Waals surface area (Å²) in [6, 6.07) is 2.98. The summed E-state index contributed by atoms with van der Waals surface area (Å²) in [7, 11) is 0. The van der Waals surface area contributed by atoms with Crippen LogP contribution >= 0.6 is 38.9 Å². The molecular formula is C12H8BrClFNOS. The average Bonchev–Trinajstić information content (AvgIpc) is 2.71. The third-order valence-electron chi connectivity index (χ3n) is 2.34. The number of thiazole rings is 1. The fraction of sp³-hybridized carbons (Fsp3) is 0.167. The molecule has 0 spiro atoms. The Balaban J connectivity index is 2.27. The predicted octanol–water partition coefficient (Wildman–Crippen LogP) is 4.43. The monoisotopic (exact) mass is 347 g/mol. The molecule has 0 unspecified atom stereocenters.